The number of hydrogen-bond acceptors (Lipinski definition) is 11. The van der Waals surface area contributed by atoms with Crippen molar-refractivity contribution in [1.82, 2.24) is 29.7 Å². The van der Waals surface area contributed by atoms with E-state index in [2.05, 4.69) is 54.6 Å². The maximum Gasteiger partial charge on any atom is 0.263 e. The van der Waals surface area contributed by atoms with Crippen LogP contribution >= 0.6 is 0 Å². The number of imide groups is 1. The number of piperidine rings is 2. The minimum atomic E-state index is -0.258. The van der Waals surface area contributed by atoms with Crippen LogP contribution in [0.25, 0.3) is 11.0 Å². The number of anilines is 4. The molecule has 3 aromatic heterocycles. The summed E-state index contributed by atoms with van der Waals surface area (Å²) in [6.07, 6.45) is 11.0. The van der Waals surface area contributed by atoms with Gasteiger partial charge in [0.25, 0.3) is 5.56 Å². The molecular formula is C43H51N9O4. The number of pyridine rings is 2. The van der Waals surface area contributed by atoms with E-state index in [-0.39, 0.29) is 40.7 Å². The van der Waals surface area contributed by atoms with Crippen LogP contribution in [0.3, 0.4) is 0 Å². The van der Waals surface area contributed by atoms with Crippen LogP contribution in [0.1, 0.15) is 91.7 Å². The SMILES string of the molecule is CC(=O)c1c(C)c2cnc(Nc3ccc(N4CCN(CC5C6CCC5CN(c5cccc(C7CCC(=O)NC7=O)c5)C6)CC4)cn3)nc2n(C2CCCC2)c1=O. The molecule has 2 bridgehead atoms. The van der Waals surface area contributed by atoms with Crippen LogP contribution in [0.15, 0.2) is 53.6 Å². The molecule has 3 unspecified atom stereocenters. The van der Waals surface area contributed by atoms with Crippen LogP contribution in [0.5, 0.6) is 0 Å². The monoisotopic (exact) mass is 757 g/mol. The average Bonchev–Trinajstić information content (AvgIpc) is 3.79. The summed E-state index contributed by atoms with van der Waals surface area (Å²) >= 11 is 0. The van der Waals surface area contributed by atoms with E-state index >= 15 is 0 Å². The van der Waals surface area contributed by atoms with Crippen molar-refractivity contribution < 1.29 is 14.4 Å². The normalized spacial score (nSPS) is 24.5. The Labute approximate surface area is 326 Å². The number of ketones is 1. The molecule has 0 spiro atoms. The number of aryl methyl sites for hydroxylation is 1. The van der Waals surface area contributed by atoms with Crippen LogP contribution in [0.4, 0.5) is 23.1 Å². The lowest BCUT2D eigenvalue weighted by Crippen LogP contribution is -2.51. The number of piperazine rings is 1. The molecule has 292 valence electrons. The zero-order valence-corrected chi connectivity index (χ0v) is 32.4. The van der Waals surface area contributed by atoms with Gasteiger partial charge < -0.3 is 15.1 Å². The van der Waals surface area contributed by atoms with Crippen LogP contribution in [-0.2, 0) is 9.59 Å². The second-order valence-electron chi connectivity index (χ2n) is 16.7. The Morgan fingerprint density at radius 1 is 0.875 bits per heavy atom. The van der Waals surface area contributed by atoms with E-state index in [0.29, 0.717) is 53.6 Å². The number of carbonyl (C=O) groups is 3. The predicted octanol–water partition coefficient (Wildman–Crippen LogP) is 5.36. The van der Waals surface area contributed by atoms with Gasteiger partial charge in [-0.1, -0.05) is 25.0 Å². The summed E-state index contributed by atoms with van der Waals surface area (Å²) in [4.78, 5) is 72.0. The molecule has 13 heteroatoms. The van der Waals surface area contributed by atoms with Crippen LogP contribution in [0.2, 0.25) is 0 Å². The zero-order chi connectivity index (χ0) is 38.5. The first-order valence-corrected chi connectivity index (χ1v) is 20.5. The molecule has 1 aromatic carbocycles. The van der Waals surface area contributed by atoms with Crippen molar-refractivity contribution >= 4 is 51.8 Å². The van der Waals surface area contributed by atoms with Crippen LogP contribution < -0.4 is 26.0 Å². The molecule has 3 saturated heterocycles. The van der Waals surface area contributed by atoms with Gasteiger partial charge in [0.1, 0.15) is 11.5 Å². The Hall–Kier alpha value is -5.17. The fourth-order valence-electron chi connectivity index (χ4n) is 10.4. The summed E-state index contributed by atoms with van der Waals surface area (Å²) in [5, 5.41) is 6.48. The topological polar surface area (TPSA) is 146 Å². The van der Waals surface area contributed by atoms with Crippen molar-refractivity contribution in [2.45, 2.75) is 77.2 Å². The van der Waals surface area contributed by atoms with Crippen molar-refractivity contribution in [1.29, 1.82) is 0 Å². The molecule has 3 aliphatic heterocycles. The van der Waals surface area contributed by atoms with Crippen molar-refractivity contribution in [3.63, 3.8) is 0 Å². The molecular weight excluding hydrogens is 707 g/mol. The standard InChI is InChI=1S/C43H51N9O4/c1-26-35-22-45-43(48-40(35)52(31-7-3-4-8-31)42(56)39(26)27(2)53)46-37-14-12-33(21-44-37)50-18-16-49(17-19-50)25-36-29-10-11-30(36)24-51(23-29)32-9-5-6-28(20-32)34-13-15-38(54)47-41(34)55/h5-6,9,12,14,20-22,29-31,34,36H,3-4,7-8,10-11,13,15-19,23-25H2,1-2H3,(H,47,54,55)(H,44,45,46,48). The van der Waals surface area contributed by atoms with Gasteiger partial charge in [-0.2, -0.15) is 4.98 Å². The van der Waals surface area contributed by atoms with Gasteiger partial charge in [0.2, 0.25) is 17.8 Å². The van der Waals surface area contributed by atoms with E-state index in [9.17, 15) is 19.2 Å². The second kappa shape index (κ2) is 15.1. The number of aromatic nitrogens is 4. The molecule has 2 amide bonds. The van der Waals surface area contributed by atoms with Crippen LogP contribution in [-0.4, -0.2) is 87.8 Å². The summed E-state index contributed by atoms with van der Waals surface area (Å²) < 4.78 is 1.73. The number of carbonyl (C=O) groups excluding carboxylic acids is 3. The number of fused-ring (bicyclic) bond motifs is 3. The van der Waals surface area contributed by atoms with Gasteiger partial charge in [0.05, 0.1) is 23.4 Å². The van der Waals surface area contributed by atoms with Crippen molar-refractivity contribution in [2.24, 2.45) is 17.8 Å². The number of benzene rings is 1. The minimum Gasteiger partial charge on any atom is -0.371 e. The maximum absolute atomic E-state index is 13.6. The molecule has 2 N–H and O–H groups in total. The number of nitrogens with zero attached hydrogens (tertiary/aromatic N) is 7. The number of nitrogens with one attached hydrogen (secondary N) is 2. The van der Waals surface area contributed by atoms with Gasteiger partial charge in [-0.3, -0.25) is 34.0 Å². The third kappa shape index (κ3) is 6.94. The van der Waals surface area contributed by atoms with Gasteiger partial charge in [0.15, 0.2) is 5.78 Å². The van der Waals surface area contributed by atoms with Crippen molar-refractivity contribution in [2.75, 3.05) is 60.9 Å². The lowest BCUT2D eigenvalue weighted by Gasteiger charge is -2.43. The Bertz CT molecular complexity index is 2210. The highest BCUT2D eigenvalue weighted by Crippen LogP contribution is 2.44. The highest BCUT2D eigenvalue weighted by molar-refractivity contribution is 6.01. The van der Waals surface area contributed by atoms with E-state index in [1.54, 1.807) is 17.7 Å². The third-order valence-electron chi connectivity index (χ3n) is 13.4. The molecule has 5 aliphatic rings. The summed E-state index contributed by atoms with van der Waals surface area (Å²) in [5.74, 6) is 2.20. The molecule has 6 heterocycles. The zero-order valence-electron chi connectivity index (χ0n) is 32.4. The van der Waals surface area contributed by atoms with E-state index < -0.39 is 0 Å². The molecule has 4 aromatic rings. The molecule has 3 atom stereocenters. The highest BCUT2D eigenvalue weighted by Gasteiger charge is 2.43. The average molecular weight is 758 g/mol. The maximum atomic E-state index is 13.6. The summed E-state index contributed by atoms with van der Waals surface area (Å²) in [6, 6.07) is 12.5. The Morgan fingerprint density at radius 3 is 2.34 bits per heavy atom. The van der Waals surface area contributed by atoms with E-state index in [1.807, 2.05) is 18.3 Å². The van der Waals surface area contributed by atoms with Crippen molar-refractivity contribution in [3.05, 3.63) is 75.8 Å². The quantitative estimate of drug-likeness (QED) is 0.168. The smallest absolute Gasteiger partial charge is 0.263 e. The first-order valence-electron chi connectivity index (χ1n) is 20.5. The van der Waals surface area contributed by atoms with E-state index in [4.69, 9.17) is 9.97 Å². The highest BCUT2D eigenvalue weighted by atomic mass is 16.2. The summed E-state index contributed by atoms with van der Waals surface area (Å²) in [7, 11) is 0. The fourth-order valence-corrected chi connectivity index (χ4v) is 10.4. The van der Waals surface area contributed by atoms with E-state index in [0.717, 1.165) is 88.1 Å². The van der Waals surface area contributed by atoms with Gasteiger partial charge in [-0.25, -0.2) is 9.97 Å². The van der Waals surface area contributed by atoms with Crippen molar-refractivity contribution in [3.8, 4) is 0 Å². The molecule has 9 rings (SSSR count). The number of hydrogen-bond donors (Lipinski definition) is 2. The molecule has 2 saturated carbocycles. The largest absolute Gasteiger partial charge is 0.371 e. The number of rotatable bonds is 9. The van der Waals surface area contributed by atoms with Gasteiger partial charge in [0, 0.05) is 75.5 Å². The Morgan fingerprint density at radius 2 is 1.64 bits per heavy atom. The first kappa shape index (κ1) is 36.5. The summed E-state index contributed by atoms with van der Waals surface area (Å²) in [6.45, 7) is 10.4. The molecule has 2 aliphatic carbocycles. The minimum absolute atomic E-state index is 0.0240. The predicted molar refractivity (Wildman–Crippen MR) is 216 cm³/mol. The second-order valence-corrected chi connectivity index (χ2v) is 16.7. The number of Topliss-reactive ketones (excluding diaryl/α,β-unsaturated/α-hetero) is 1. The number of amides is 2. The third-order valence-corrected chi connectivity index (χ3v) is 13.4. The first-order chi connectivity index (χ1) is 27.2. The van der Waals surface area contributed by atoms with Gasteiger partial charge in [-0.15, -0.1) is 0 Å². The lowest BCUT2D eigenvalue weighted by molar-refractivity contribution is -0.134. The molecule has 13 nitrogen and oxygen atoms in total. The Kier molecular flexibility index (Phi) is 9.81. The molecule has 5 fully saturated rings. The lowest BCUT2D eigenvalue weighted by atomic mass is 9.84. The molecule has 0 radical (unpaired) electrons. The Balaban J connectivity index is 0.807. The van der Waals surface area contributed by atoms with Gasteiger partial charge >= 0.3 is 0 Å². The van der Waals surface area contributed by atoms with Crippen LogP contribution in [0, 0.1) is 24.7 Å². The van der Waals surface area contributed by atoms with E-state index in [1.165, 1.54) is 25.5 Å². The summed E-state index contributed by atoms with van der Waals surface area (Å²) in [5.41, 5.74) is 4.45. The molecule has 56 heavy (non-hydrogen) atoms. The van der Waals surface area contributed by atoms with Gasteiger partial charge in [-0.05, 0) is 99.1 Å². The fraction of sp³-hybridized carbons (Fsp3) is 0.512.